The van der Waals surface area contributed by atoms with Crippen LogP contribution in [0.5, 0.6) is 0 Å². The standard InChI is InChI=1S/C15H18F2N2O3.C14H16F2N4O.C14H19F2N3O2.C10H12F2N2.C6H5F2N.C4H8BrNO2.C4H9Cl2N/c1-22-15(21)9-14(20)10-18-2-4-19(5-3-18)13-7-11(16)6-12(17)8-13;15-10-5-11(16)7-13(6-10)20-3-1-19(2-4-20)9-12-8-14(21)18-17-12;1-17(21-2)14(20)10-18-3-5-19(6-4-18)13-8-11(15)7-12(16)9-13;11-8-5-9(12)7-10(6-8)14-3-1-13-2-4-14;7-4-1-5(8)3-6(9)2-4;1-6(8-2)4(7)3-5;5-1-3-7-4-2-6/h6-8H,2-5,9-10H2,1H3;5-8H,1-4,9H2,(H2,17,18,21);7-9H,3-6,10H2,1-2H3;5-7,13H,1-4H2;1-3H,9H2;3H2,1-2H3;7H,1-4H2. The number of methoxy groups -OCH3 is 1. The highest BCUT2D eigenvalue weighted by atomic mass is 79.9. The van der Waals surface area contributed by atoms with Gasteiger partial charge in [0.1, 0.15) is 64.6 Å². The van der Waals surface area contributed by atoms with E-state index >= 15 is 0 Å². The second kappa shape index (κ2) is 46.8. The molecule has 564 valence electrons. The number of nitrogens with zero attached hydrogens (tertiary/aromatic N) is 9. The summed E-state index contributed by atoms with van der Waals surface area (Å²) in [5, 5.41) is 14.2. The van der Waals surface area contributed by atoms with E-state index in [2.05, 4.69) is 51.2 Å². The smallest absolute Gasteiger partial charge is 0.313 e. The first kappa shape index (κ1) is 86.7. The van der Waals surface area contributed by atoms with Crippen LogP contribution in [0.1, 0.15) is 12.1 Å². The van der Waals surface area contributed by atoms with Gasteiger partial charge in [0, 0.05) is 215 Å². The van der Waals surface area contributed by atoms with Crippen molar-refractivity contribution in [3.05, 3.63) is 171 Å². The van der Waals surface area contributed by atoms with Crippen LogP contribution in [-0.2, 0) is 40.1 Å². The fourth-order valence-electron chi connectivity index (χ4n) is 9.95. The summed E-state index contributed by atoms with van der Waals surface area (Å²) >= 11 is 13.6. The quantitative estimate of drug-likeness (QED) is 0.00985. The maximum absolute atomic E-state index is 13.2. The molecular weight excluding hydrogens is 1470 g/mol. The normalized spacial score (nSPS) is 14.6. The number of ether oxygens (including phenoxy) is 1. The lowest BCUT2D eigenvalue weighted by Gasteiger charge is -2.36. The number of benzene rings is 5. The molecule has 4 saturated heterocycles. The topological polar surface area (TPSA) is 224 Å². The van der Waals surface area contributed by atoms with Crippen molar-refractivity contribution < 1.29 is 77.5 Å². The maximum atomic E-state index is 13.2. The zero-order valence-electron chi connectivity index (χ0n) is 57.2. The maximum Gasteiger partial charge on any atom is 0.313 e. The number of alkyl halides is 3. The second-order valence-corrected chi connectivity index (χ2v) is 24.0. The van der Waals surface area contributed by atoms with Gasteiger partial charge in [-0.05, 0) is 60.7 Å². The molecule has 0 saturated carbocycles. The highest BCUT2D eigenvalue weighted by Crippen LogP contribution is 2.24. The number of amides is 2. The largest absolute Gasteiger partial charge is 0.469 e. The van der Waals surface area contributed by atoms with Crippen molar-refractivity contribution in [3.8, 4) is 0 Å². The number of aromatic nitrogens is 2. The van der Waals surface area contributed by atoms with E-state index in [4.69, 9.17) is 33.8 Å². The molecule has 4 aliphatic rings. The van der Waals surface area contributed by atoms with Gasteiger partial charge < -0.3 is 45.8 Å². The summed E-state index contributed by atoms with van der Waals surface area (Å²) in [7, 11) is 7.25. The van der Waals surface area contributed by atoms with Crippen LogP contribution in [0.25, 0.3) is 0 Å². The first-order chi connectivity index (χ1) is 48.6. The number of nitrogens with two attached hydrogens (primary N) is 1. The van der Waals surface area contributed by atoms with E-state index in [9.17, 15) is 67.9 Å². The number of likely N-dealkylation sites (N-methyl/N-ethyl adjacent to an activating group) is 1. The Labute approximate surface area is 604 Å². The average molecular weight is 1560 g/mol. The minimum Gasteiger partial charge on any atom is -0.469 e. The van der Waals surface area contributed by atoms with Gasteiger partial charge in [0.25, 0.3) is 17.4 Å². The molecule has 0 spiro atoms. The number of nitrogens with one attached hydrogen (secondary N) is 4. The number of Topliss-reactive ketones (excluding diaryl/α,β-unsaturated/α-hetero) is 1. The molecule has 2 amide bonds. The number of carbonyl (C=O) groups is 4. The summed E-state index contributed by atoms with van der Waals surface area (Å²) in [6, 6.07) is 18.6. The molecule has 10 rings (SSSR count). The fourth-order valence-corrected chi connectivity index (χ4v) is 10.6. The van der Waals surface area contributed by atoms with Crippen molar-refractivity contribution in [2.75, 3.05) is 209 Å². The molecule has 35 heteroatoms. The third kappa shape index (κ3) is 33.6. The van der Waals surface area contributed by atoms with Crippen LogP contribution >= 0.6 is 39.1 Å². The monoisotopic (exact) mass is 1550 g/mol. The van der Waals surface area contributed by atoms with Gasteiger partial charge in [-0.1, -0.05) is 15.9 Å². The number of carbonyl (C=O) groups excluding carboxylic acids is 4. The second-order valence-electron chi connectivity index (χ2n) is 22.7. The molecule has 5 aromatic carbocycles. The molecule has 0 atom stereocenters. The SMILES string of the molecule is COC(=O)CC(=O)CN1CCN(c2cc(F)cc(F)c2)CC1.CON(C)C(=O)CBr.CON(C)C(=O)CN1CCN(c2cc(F)cc(F)c2)CC1.ClCCNCCCl.Fc1cc(F)cc(N2CCNCC2)c1.Nc1cc(F)cc(F)c1.O=c1cc(CN2CCN(c3cc(F)cc(F)c3)CC2)[nH][nH]1. The van der Waals surface area contributed by atoms with Crippen molar-refractivity contribution in [3.63, 3.8) is 0 Å². The number of hydroxylamine groups is 4. The van der Waals surface area contributed by atoms with Gasteiger partial charge in [0.15, 0.2) is 5.78 Å². The van der Waals surface area contributed by atoms with Crippen LogP contribution in [0, 0.1) is 58.2 Å². The van der Waals surface area contributed by atoms with E-state index in [1.54, 1.807) is 14.1 Å². The van der Waals surface area contributed by atoms with Crippen LogP contribution in [0.3, 0.4) is 0 Å². The predicted molar refractivity (Wildman–Crippen MR) is 377 cm³/mol. The van der Waals surface area contributed by atoms with Crippen molar-refractivity contribution >= 4 is 91.1 Å². The first-order valence-corrected chi connectivity index (χ1v) is 34.1. The Kier molecular flexibility index (Phi) is 39.8. The van der Waals surface area contributed by atoms with Gasteiger partial charge in [-0.25, -0.2) is 54.0 Å². The summed E-state index contributed by atoms with van der Waals surface area (Å²) in [4.78, 5) is 79.2. The van der Waals surface area contributed by atoms with E-state index in [0.29, 0.717) is 112 Å². The number of nitrogen functional groups attached to an aromatic ring is 1. The minimum atomic E-state index is -0.646. The number of rotatable bonds is 19. The Morgan fingerprint density at radius 2 is 0.814 bits per heavy atom. The first-order valence-electron chi connectivity index (χ1n) is 31.9. The molecule has 0 aliphatic carbocycles. The Balaban J connectivity index is 0.000000262. The average Bonchev–Trinajstić information content (AvgIpc) is 0.969. The summed E-state index contributed by atoms with van der Waals surface area (Å²) in [6.07, 6.45) is -0.230. The molecule has 4 aliphatic heterocycles. The molecular formula is C67H87BrCl2F10N14O8. The highest BCUT2D eigenvalue weighted by molar-refractivity contribution is 9.09. The zero-order valence-corrected chi connectivity index (χ0v) is 60.3. The van der Waals surface area contributed by atoms with Gasteiger partial charge in [-0.3, -0.25) is 53.4 Å². The molecule has 102 heavy (non-hydrogen) atoms. The Hall–Kier alpha value is -7.73. The Bertz CT molecular complexity index is 3440. The van der Waals surface area contributed by atoms with Crippen LogP contribution in [-0.4, -0.2) is 242 Å². The lowest BCUT2D eigenvalue weighted by atomic mass is 10.2. The molecule has 5 heterocycles. The third-order valence-corrected chi connectivity index (χ3v) is 16.1. The van der Waals surface area contributed by atoms with Gasteiger partial charge in [-0.15, -0.1) is 23.2 Å². The Morgan fingerprint density at radius 1 is 0.480 bits per heavy atom. The van der Waals surface area contributed by atoms with E-state index in [0.717, 1.165) is 106 Å². The van der Waals surface area contributed by atoms with E-state index in [1.165, 1.54) is 81.0 Å². The van der Waals surface area contributed by atoms with Gasteiger partial charge in [-0.2, -0.15) is 0 Å². The van der Waals surface area contributed by atoms with Gasteiger partial charge in [0.2, 0.25) is 0 Å². The van der Waals surface area contributed by atoms with E-state index in [1.807, 2.05) is 29.4 Å². The Morgan fingerprint density at radius 3 is 1.12 bits per heavy atom. The molecule has 6 N–H and O–H groups in total. The van der Waals surface area contributed by atoms with Gasteiger partial charge in [0.05, 0.1) is 45.4 Å². The van der Waals surface area contributed by atoms with Crippen molar-refractivity contribution in [2.45, 2.75) is 13.0 Å². The number of H-pyrrole nitrogens is 2. The zero-order chi connectivity index (χ0) is 75.3. The number of hydrogen-bond acceptors (Lipinski definition) is 18. The number of ketones is 1. The molecule has 4 fully saturated rings. The summed E-state index contributed by atoms with van der Waals surface area (Å²) in [6.45, 7) is 13.9. The molecule has 22 nitrogen and oxygen atoms in total. The lowest BCUT2D eigenvalue weighted by molar-refractivity contribution is -0.169. The lowest BCUT2D eigenvalue weighted by Crippen LogP contribution is -2.49. The van der Waals surface area contributed by atoms with Crippen LogP contribution in [0.2, 0.25) is 0 Å². The minimum absolute atomic E-state index is 0.0903. The van der Waals surface area contributed by atoms with E-state index in [-0.39, 0.29) is 48.4 Å². The van der Waals surface area contributed by atoms with Crippen LogP contribution < -0.4 is 41.5 Å². The van der Waals surface area contributed by atoms with Crippen molar-refractivity contribution in [1.82, 2.24) is 45.7 Å². The third-order valence-electron chi connectivity index (χ3n) is 15.2. The number of esters is 1. The number of anilines is 5. The number of aromatic amines is 2. The number of hydrogen-bond donors (Lipinski definition) is 5. The number of piperazine rings is 4. The molecule has 0 radical (unpaired) electrons. The summed E-state index contributed by atoms with van der Waals surface area (Å²) in [5.74, 6) is -5.43. The number of halogens is 13. The molecule has 0 unspecified atom stereocenters. The molecule has 6 aromatic rings. The van der Waals surface area contributed by atoms with Crippen molar-refractivity contribution in [1.29, 1.82) is 0 Å². The van der Waals surface area contributed by atoms with Crippen molar-refractivity contribution in [2.24, 2.45) is 0 Å². The molecule has 0 bridgehead atoms. The fraction of sp³-hybridized carbons (Fsp3) is 0.448. The molecule has 1 aromatic heterocycles. The summed E-state index contributed by atoms with van der Waals surface area (Å²) < 4.78 is 134. The highest BCUT2D eigenvalue weighted by Gasteiger charge is 2.24. The van der Waals surface area contributed by atoms with Crippen LogP contribution in [0.4, 0.5) is 72.3 Å². The van der Waals surface area contributed by atoms with Crippen LogP contribution in [0.15, 0.2) is 102 Å². The van der Waals surface area contributed by atoms with E-state index < -0.39 is 64.1 Å². The van der Waals surface area contributed by atoms with Gasteiger partial charge >= 0.3 is 5.97 Å². The summed E-state index contributed by atoms with van der Waals surface area (Å²) in [5.41, 5.74) is 8.11. The predicted octanol–water partition coefficient (Wildman–Crippen LogP) is 8.01.